The smallest absolute Gasteiger partial charge is 0.257 e. The van der Waals surface area contributed by atoms with Crippen LogP contribution in [0.2, 0.25) is 0 Å². The van der Waals surface area contributed by atoms with Gasteiger partial charge >= 0.3 is 0 Å². The lowest BCUT2D eigenvalue weighted by Gasteiger charge is -2.07. The molecule has 0 saturated carbocycles. The van der Waals surface area contributed by atoms with E-state index in [0.29, 0.717) is 16.6 Å². The summed E-state index contributed by atoms with van der Waals surface area (Å²) in [5, 5.41) is 3.39. The first-order valence-corrected chi connectivity index (χ1v) is 7.18. The predicted octanol–water partition coefficient (Wildman–Crippen LogP) is 4.63. The number of H-pyrrole nitrogens is 1. The number of carbonyl (C=O) groups is 1. The highest BCUT2D eigenvalue weighted by Gasteiger charge is 2.14. The number of halogens is 2. The number of rotatable bonds is 2. The van der Waals surface area contributed by atoms with E-state index in [-0.39, 0.29) is 11.7 Å². The number of aromatic nitrogens is 1. The van der Waals surface area contributed by atoms with Gasteiger partial charge in [0.1, 0.15) is 5.82 Å². The molecule has 3 aromatic rings. The Morgan fingerprint density at radius 3 is 2.81 bits per heavy atom. The summed E-state index contributed by atoms with van der Waals surface area (Å²) in [6, 6.07) is 9.98. The molecular formula is C16H12BrFN2O. The normalized spacial score (nSPS) is 10.8. The van der Waals surface area contributed by atoms with Crippen LogP contribution in [0.25, 0.3) is 10.9 Å². The molecule has 0 saturated heterocycles. The highest BCUT2D eigenvalue weighted by molar-refractivity contribution is 9.10. The number of carbonyl (C=O) groups excluding carboxylic acids is 1. The van der Waals surface area contributed by atoms with E-state index in [4.69, 9.17) is 0 Å². The molecule has 0 aliphatic rings. The van der Waals surface area contributed by atoms with Gasteiger partial charge in [0.25, 0.3) is 5.91 Å². The second kappa shape index (κ2) is 5.33. The molecular weight excluding hydrogens is 335 g/mol. The molecule has 1 amide bonds. The van der Waals surface area contributed by atoms with E-state index in [1.165, 1.54) is 12.1 Å². The minimum absolute atomic E-state index is 0.281. The van der Waals surface area contributed by atoms with E-state index in [2.05, 4.69) is 26.2 Å². The van der Waals surface area contributed by atoms with Crippen molar-refractivity contribution < 1.29 is 9.18 Å². The van der Waals surface area contributed by atoms with Gasteiger partial charge in [0.15, 0.2) is 0 Å². The SMILES string of the molecule is Cc1ccc(NC(=O)c2c[nH]c3ccc(F)cc23)c(Br)c1. The van der Waals surface area contributed by atoms with Gasteiger partial charge in [-0.25, -0.2) is 4.39 Å². The summed E-state index contributed by atoms with van der Waals surface area (Å²) in [4.78, 5) is 15.3. The maximum absolute atomic E-state index is 13.3. The van der Waals surface area contributed by atoms with E-state index in [0.717, 1.165) is 15.6 Å². The maximum Gasteiger partial charge on any atom is 0.257 e. The van der Waals surface area contributed by atoms with Crippen LogP contribution in [0.15, 0.2) is 47.1 Å². The standard InChI is InChI=1S/C16H12BrFN2O/c1-9-2-4-15(13(17)6-9)20-16(21)12-8-19-14-5-3-10(18)7-11(12)14/h2-8,19H,1H3,(H,20,21). The quantitative estimate of drug-likeness (QED) is 0.698. The van der Waals surface area contributed by atoms with Crippen LogP contribution < -0.4 is 5.32 Å². The highest BCUT2D eigenvalue weighted by atomic mass is 79.9. The zero-order valence-electron chi connectivity index (χ0n) is 11.2. The molecule has 2 aromatic carbocycles. The van der Waals surface area contributed by atoms with E-state index in [1.54, 1.807) is 12.3 Å². The number of fused-ring (bicyclic) bond motifs is 1. The van der Waals surface area contributed by atoms with Crippen molar-refractivity contribution in [2.75, 3.05) is 5.32 Å². The number of aromatic amines is 1. The fourth-order valence-corrected chi connectivity index (χ4v) is 2.78. The summed E-state index contributed by atoms with van der Waals surface area (Å²) < 4.78 is 14.1. The molecule has 3 rings (SSSR count). The molecule has 106 valence electrons. The number of hydrogen-bond acceptors (Lipinski definition) is 1. The van der Waals surface area contributed by atoms with Gasteiger partial charge < -0.3 is 10.3 Å². The monoisotopic (exact) mass is 346 g/mol. The first-order valence-electron chi connectivity index (χ1n) is 6.39. The molecule has 1 heterocycles. The first-order chi connectivity index (χ1) is 10.0. The minimum Gasteiger partial charge on any atom is -0.360 e. The van der Waals surface area contributed by atoms with Crippen LogP contribution in [0.3, 0.4) is 0 Å². The molecule has 0 fully saturated rings. The third-order valence-corrected chi connectivity index (χ3v) is 3.92. The van der Waals surface area contributed by atoms with Crippen LogP contribution in [-0.2, 0) is 0 Å². The zero-order chi connectivity index (χ0) is 15.0. The van der Waals surface area contributed by atoms with Gasteiger partial charge in [0.2, 0.25) is 0 Å². The van der Waals surface area contributed by atoms with Gasteiger partial charge in [0.05, 0.1) is 11.3 Å². The molecule has 0 radical (unpaired) electrons. The fraction of sp³-hybridized carbons (Fsp3) is 0.0625. The fourth-order valence-electron chi connectivity index (χ4n) is 2.19. The molecule has 0 atom stereocenters. The van der Waals surface area contributed by atoms with Crippen LogP contribution in [0.4, 0.5) is 10.1 Å². The first kappa shape index (κ1) is 13.8. The van der Waals surface area contributed by atoms with Crippen molar-refractivity contribution in [2.45, 2.75) is 6.92 Å². The van der Waals surface area contributed by atoms with E-state index >= 15 is 0 Å². The van der Waals surface area contributed by atoms with Crippen molar-refractivity contribution >= 4 is 38.4 Å². The Morgan fingerprint density at radius 2 is 2.05 bits per heavy atom. The lowest BCUT2D eigenvalue weighted by atomic mass is 10.1. The lowest BCUT2D eigenvalue weighted by molar-refractivity contribution is 0.102. The second-order valence-corrected chi connectivity index (χ2v) is 5.68. The Labute approximate surface area is 129 Å². The van der Waals surface area contributed by atoms with E-state index in [1.807, 2.05) is 25.1 Å². The van der Waals surface area contributed by atoms with Crippen LogP contribution in [0.1, 0.15) is 15.9 Å². The molecule has 0 aliphatic carbocycles. The molecule has 0 aliphatic heterocycles. The Hall–Kier alpha value is -2.14. The Morgan fingerprint density at radius 1 is 1.24 bits per heavy atom. The molecule has 0 spiro atoms. The molecule has 0 unspecified atom stereocenters. The van der Waals surface area contributed by atoms with Gasteiger partial charge in [-0.2, -0.15) is 0 Å². The Kier molecular flexibility index (Phi) is 3.51. The number of aryl methyl sites for hydroxylation is 1. The summed E-state index contributed by atoms with van der Waals surface area (Å²) in [5.41, 5.74) is 2.91. The summed E-state index contributed by atoms with van der Waals surface area (Å²) in [5.74, 6) is -0.649. The summed E-state index contributed by atoms with van der Waals surface area (Å²) in [6.45, 7) is 1.97. The van der Waals surface area contributed by atoms with Gasteiger partial charge in [0, 0.05) is 21.6 Å². The maximum atomic E-state index is 13.3. The predicted molar refractivity (Wildman–Crippen MR) is 85.1 cm³/mol. The van der Waals surface area contributed by atoms with Gasteiger partial charge in [-0.05, 0) is 58.7 Å². The number of amides is 1. The molecule has 1 aromatic heterocycles. The average Bonchev–Trinajstić information content (AvgIpc) is 2.85. The molecule has 5 heteroatoms. The topological polar surface area (TPSA) is 44.9 Å². The van der Waals surface area contributed by atoms with Crippen molar-refractivity contribution in [3.8, 4) is 0 Å². The Bertz CT molecular complexity index is 841. The van der Waals surface area contributed by atoms with Crippen molar-refractivity contribution in [3.63, 3.8) is 0 Å². The lowest BCUT2D eigenvalue weighted by Crippen LogP contribution is -2.11. The minimum atomic E-state index is -0.368. The zero-order valence-corrected chi connectivity index (χ0v) is 12.8. The van der Waals surface area contributed by atoms with Crippen LogP contribution in [0, 0.1) is 12.7 Å². The van der Waals surface area contributed by atoms with Crippen molar-refractivity contribution in [3.05, 3.63) is 64.0 Å². The third-order valence-electron chi connectivity index (χ3n) is 3.26. The summed E-state index contributed by atoms with van der Waals surface area (Å²) in [7, 11) is 0. The van der Waals surface area contributed by atoms with Crippen molar-refractivity contribution in [1.82, 2.24) is 4.98 Å². The summed E-state index contributed by atoms with van der Waals surface area (Å²) in [6.07, 6.45) is 1.58. The number of anilines is 1. The van der Waals surface area contributed by atoms with E-state index in [9.17, 15) is 9.18 Å². The molecule has 21 heavy (non-hydrogen) atoms. The number of hydrogen-bond donors (Lipinski definition) is 2. The second-order valence-electron chi connectivity index (χ2n) is 4.83. The Balaban J connectivity index is 1.95. The highest BCUT2D eigenvalue weighted by Crippen LogP contribution is 2.25. The van der Waals surface area contributed by atoms with Crippen LogP contribution in [0.5, 0.6) is 0 Å². The molecule has 3 nitrogen and oxygen atoms in total. The number of benzene rings is 2. The molecule has 2 N–H and O–H groups in total. The van der Waals surface area contributed by atoms with Gasteiger partial charge in [-0.3, -0.25) is 4.79 Å². The largest absolute Gasteiger partial charge is 0.360 e. The van der Waals surface area contributed by atoms with Gasteiger partial charge in [-0.15, -0.1) is 0 Å². The number of nitrogens with one attached hydrogen (secondary N) is 2. The average molecular weight is 347 g/mol. The van der Waals surface area contributed by atoms with E-state index < -0.39 is 0 Å². The van der Waals surface area contributed by atoms with Gasteiger partial charge in [-0.1, -0.05) is 6.07 Å². The van der Waals surface area contributed by atoms with Crippen LogP contribution in [-0.4, -0.2) is 10.9 Å². The third kappa shape index (κ3) is 2.69. The van der Waals surface area contributed by atoms with Crippen molar-refractivity contribution in [1.29, 1.82) is 0 Å². The summed E-state index contributed by atoms with van der Waals surface area (Å²) >= 11 is 3.42. The van der Waals surface area contributed by atoms with Crippen molar-refractivity contribution in [2.24, 2.45) is 0 Å². The molecule has 0 bridgehead atoms. The van der Waals surface area contributed by atoms with Crippen LogP contribution >= 0.6 is 15.9 Å².